The molecule has 0 radical (unpaired) electrons. The average Bonchev–Trinajstić information content (AvgIpc) is 2.77. The van der Waals surface area contributed by atoms with E-state index in [4.69, 9.17) is 14.2 Å². The van der Waals surface area contributed by atoms with Crippen molar-refractivity contribution in [1.82, 2.24) is 5.32 Å². The number of carbonyl (C=O) groups excluding carboxylic acids is 2. The van der Waals surface area contributed by atoms with Gasteiger partial charge in [0, 0.05) is 13.5 Å². The summed E-state index contributed by atoms with van der Waals surface area (Å²) in [6.45, 7) is 3.44. The zero-order chi connectivity index (χ0) is 22.7. The summed E-state index contributed by atoms with van der Waals surface area (Å²) >= 11 is 0. The van der Waals surface area contributed by atoms with E-state index in [-0.39, 0.29) is 25.6 Å². The summed E-state index contributed by atoms with van der Waals surface area (Å²) in [4.78, 5) is 25.1. The van der Waals surface area contributed by atoms with Gasteiger partial charge in [-0.05, 0) is 31.7 Å². The van der Waals surface area contributed by atoms with Gasteiger partial charge < -0.3 is 24.6 Å². The number of rotatable bonds is 12. The molecule has 2 atom stereocenters. The maximum absolute atomic E-state index is 12.7. The Morgan fingerprint density at radius 3 is 2.48 bits per heavy atom. The first-order valence-electron chi connectivity index (χ1n) is 11.1. The minimum atomic E-state index is -1.08. The first-order valence-corrected chi connectivity index (χ1v) is 11.1. The van der Waals surface area contributed by atoms with E-state index in [0.717, 1.165) is 31.2 Å². The normalized spacial score (nSPS) is 17.0. The zero-order valence-corrected chi connectivity index (χ0v) is 19.0. The molecule has 2 N–H and O–H groups in total. The van der Waals surface area contributed by atoms with E-state index in [2.05, 4.69) is 5.32 Å². The minimum Gasteiger partial charge on any atom is -0.445 e. The van der Waals surface area contributed by atoms with Gasteiger partial charge in [0.2, 0.25) is 0 Å². The van der Waals surface area contributed by atoms with Gasteiger partial charge >= 0.3 is 6.09 Å². The Kier molecular flexibility index (Phi) is 10.4. The van der Waals surface area contributed by atoms with Crippen molar-refractivity contribution in [2.45, 2.75) is 83.1 Å². The fraction of sp³-hybridized carbons (Fsp3) is 0.667. The van der Waals surface area contributed by atoms with Crippen LogP contribution in [0.15, 0.2) is 30.3 Å². The first kappa shape index (κ1) is 25.3. The Morgan fingerprint density at radius 2 is 1.84 bits per heavy atom. The number of ether oxygens (including phenoxy) is 3. The number of amides is 1. The molecule has 1 aromatic rings. The number of hydrogen-bond donors (Lipinski definition) is 2. The lowest BCUT2D eigenvalue weighted by Gasteiger charge is -2.31. The van der Waals surface area contributed by atoms with Crippen LogP contribution in [-0.2, 0) is 25.6 Å². The minimum absolute atomic E-state index is 0.00952. The van der Waals surface area contributed by atoms with Crippen LogP contribution in [0.1, 0.15) is 64.4 Å². The highest BCUT2D eigenvalue weighted by Gasteiger charge is 2.34. The maximum Gasteiger partial charge on any atom is 0.407 e. The van der Waals surface area contributed by atoms with Gasteiger partial charge in [-0.1, -0.05) is 62.4 Å². The molecule has 1 saturated carbocycles. The molecule has 0 spiro atoms. The van der Waals surface area contributed by atoms with Gasteiger partial charge in [-0.2, -0.15) is 0 Å². The van der Waals surface area contributed by atoms with Crippen molar-refractivity contribution in [3.8, 4) is 0 Å². The van der Waals surface area contributed by atoms with Crippen molar-refractivity contribution in [3.63, 3.8) is 0 Å². The maximum atomic E-state index is 12.7. The van der Waals surface area contributed by atoms with Crippen molar-refractivity contribution >= 4 is 11.9 Å². The van der Waals surface area contributed by atoms with Crippen LogP contribution in [0.3, 0.4) is 0 Å². The van der Waals surface area contributed by atoms with Crippen molar-refractivity contribution in [1.29, 1.82) is 0 Å². The Hall–Kier alpha value is -1.96. The highest BCUT2D eigenvalue weighted by molar-refractivity contribution is 5.87. The molecule has 0 bridgehead atoms. The second kappa shape index (κ2) is 12.8. The number of alkyl carbamates (subject to hydrolysis) is 1. The third kappa shape index (κ3) is 8.97. The molecule has 0 saturated heterocycles. The lowest BCUT2D eigenvalue weighted by molar-refractivity contribution is -0.157. The van der Waals surface area contributed by atoms with Crippen LogP contribution in [0.4, 0.5) is 4.79 Å². The Labute approximate surface area is 185 Å². The number of methoxy groups -OCH3 is 1. The molecule has 174 valence electrons. The molecule has 0 heterocycles. The number of aliphatic hydroxyl groups excluding tert-OH is 1. The summed E-state index contributed by atoms with van der Waals surface area (Å²) in [5.41, 5.74) is -0.200. The van der Waals surface area contributed by atoms with E-state index in [0.29, 0.717) is 12.3 Å². The first-order chi connectivity index (χ1) is 14.8. The number of ketones is 1. The zero-order valence-electron chi connectivity index (χ0n) is 19.0. The molecule has 1 aliphatic rings. The van der Waals surface area contributed by atoms with Gasteiger partial charge in [0.25, 0.3) is 0 Å². The SMILES string of the molecule is COCOC(C)(C)C(=O)C[C@H](O)[C@H](CC1CCCCC1)NC(=O)OCc1ccccc1. The van der Waals surface area contributed by atoms with E-state index >= 15 is 0 Å². The predicted octanol–water partition coefficient (Wildman–Crippen LogP) is 3.97. The van der Waals surface area contributed by atoms with Gasteiger partial charge in [0.1, 0.15) is 19.0 Å². The van der Waals surface area contributed by atoms with Crippen molar-refractivity contribution < 1.29 is 28.9 Å². The van der Waals surface area contributed by atoms with Gasteiger partial charge in [-0.3, -0.25) is 4.79 Å². The second-order valence-corrected chi connectivity index (χ2v) is 8.81. The summed E-state index contributed by atoms with van der Waals surface area (Å²) < 4.78 is 15.7. The number of carbonyl (C=O) groups is 2. The summed E-state index contributed by atoms with van der Waals surface area (Å²) in [7, 11) is 1.49. The molecule has 2 rings (SSSR count). The summed E-state index contributed by atoms with van der Waals surface area (Å²) in [5.74, 6) is 0.167. The lowest BCUT2D eigenvalue weighted by atomic mass is 9.82. The highest BCUT2D eigenvalue weighted by Crippen LogP contribution is 2.29. The van der Waals surface area contributed by atoms with Gasteiger partial charge in [-0.25, -0.2) is 4.79 Å². The third-order valence-electron chi connectivity index (χ3n) is 5.90. The Balaban J connectivity index is 1.97. The van der Waals surface area contributed by atoms with Gasteiger partial charge in [0.05, 0.1) is 12.1 Å². The largest absolute Gasteiger partial charge is 0.445 e. The Bertz CT molecular complexity index is 672. The molecule has 1 aliphatic carbocycles. The number of nitrogens with one attached hydrogen (secondary N) is 1. The fourth-order valence-corrected chi connectivity index (χ4v) is 3.88. The highest BCUT2D eigenvalue weighted by atomic mass is 16.7. The topological polar surface area (TPSA) is 94.1 Å². The fourth-order valence-electron chi connectivity index (χ4n) is 3.88. The van der Waals surface area contributed by atoms with Gasteiger partial charge in [0.15, 0.2) is 5.78 Å². The number of benzene rings is 1. The van der Waals surface area contributed by atoms with Crippen LogP contribution in [0, 0.1) is 5.92 Å². The van der Waals surface area contributed by atoms with Crippen LogP contribution >= 0.6 is 0 Å². The van der Waals surface area contributed by atoms with Gasteiger partial charge in [-0.15, -0.1) is 0 Å². The standard InChI is InChI=1S/C24H37NO6/c1-24(2,31-17-29-3)22(27)15-21(26)20(14-18-10-6-4-7-11-18)25-23(28)30-16-19-12-8-5-9-13-19/h5,8-9,12-13,18,20-21,26H,4,6-7,10-11,14-17H2,1-3H3,(H,25,28)/t20-,21-/m0/s1. The molecule has 7 nitrogen and oxygen atoms in total. The monoisotopic (exact) mass is 435 g/mol. The quantitative estimate of drug-likeness (QED) is 0.483. The molecular weight excluding hydrogens is 398 g/mol. The molecule has 1 amide bonds. The van der Waals surface area contributed by atoms with E-state index in [9.17, 15) is 14.7 Å². The van der Waals surface area contributed by atoms with E-state index < -0.39 is 23.8 Å². The predicted molar refractivity (Wildman–Crippen MR) is 117 cm³/mol. The van der Waals surface area contributed by atoms with E-state index in [1.54, 1.807) is 13.8 Å². The van der Waals surface area contributed by atoms with Crippen LogP contribution in [0.25, 0.3) is 0 Å². The summed E-state index contributed by atoms with van der Waals surface area (Å²) in [6.07, 6.45) is 4.56. The molecule has 1 aromatic carbocycles. The average molecular weight is 436 g/mol. The van der Waals surface area contributed by atoms with E-state index in [1.807, 2.05) is 30.3 Å². The summed E-state index contributed by atoms with van der Waals surface area (Å²) in [5, 5.41) is 13.7. The molecule has 0 unspecified atom stereocenters. The number of Topliss-reactive ketones (excluding diaryl/α,β-unsaturated/α-hetero) is 1. The molecule has 0 aromatic heterocycles. The Morgan fingerprint density at radius 1 is 1.16 bits per heavy atom. The summed E-state index contributed by atoms with van der Waals surface area (Å²) in [6, 6.07) is 8.85. The second-order valence-electron chi connectivity index (χ2n) is 8.81. The smallest absolute Gasteiger partial charge is 0.407 e. The van der Waals surface area contributed by atoms with Crippen LogP contribution in [0.5, 0.6) is 0 Å². The third-order valence-corrected chi connectivity index (χ3v) is 5.90. The number of aliphatic hydroxyl groups is 1. The molecular formula is C24H37NO6. The van der Waals surface area contributed by atoms with Crippen molar-refractivity contribution in [2.24, 2.45) is 5.92 Å². The molecule has 31 heavy (non-hydrogen) atoms. The van der Waals surface area contributed by atoms with Crippen LogP contribution < -0.4 is 5.32 Å². The van der Waals surface area contributed by atoms with Crippen molar-refractivity contribution in [3.05, 3.63) is 35.9 Å². The molecule has 0 aliphatic heterocycles. The van der Waals surface area contributed by atoms with E-state index in [1.165, 1.54) is 13.5 Å². The number of hydrogen-bond acceptors (Lipinski definition) is 6. The molecule has 7 heteroatoms. The van der Waals surface area contributed by atoms with Crippen molar-refractivity contribution in [2.75, 3.05) is 13.9 Å². The van der Waals surface area contributed by atoms with Crippen LogP contribution in [-0.4, -0.2) is 48.6 Å². The molecule has 1 fully saturated rings. The van der Waals surface area contributed by atoms with Crippen LogP contribution in [0.2, 0.25) is 0 Å². The lowest BCUT2D eigenvalue weighted by Crippen LogP contribution is -2.47.